The minimum absolute atomic E-state index is 0.223. The molecule has 3 nitrogen and oxygen atoms in total. The van der Waals surface area contributed by atoms with Crippen molar-refractivity contribution in [1.82, 2.24) is 10.4 Å². The Labute approximate surface area is 75.9 Å². The Morgan fingerprint density at radius 1 is 1.17 bits per heavy atom. The van der Waals surface area contributed by atoms with Gasteiger partial charge in [-0.25, -0.2) is 0 Å². The van der Waals surface area contributed by atoms with Crippen molar-refractivity contribution < 1.29 is 4.52 Å². The van der Waals surface area contributed by atoms with Crippen molar-refractivity contribution in [3.05, 3.63) is 36.6 Å². The molecule has 4 heteroatoms. The molecule has 0 saturated heterocycles. The quantitative estimate of drug-likeness (QED) is 0.660. The van der Waals surface area contributed by atoms with E-state index in [1.807, 2.05) is 18.2 Å². The topological polar surface area (TPSA) is 38.9 Å². The van der Waals surface area contributed by atoms with Gasteiger partial charge in [-0.15, -0.1) is 0 Å². The van der Waals surface area contributed by atoms with E-state index < -0.39 is 0 Å². The fourth-order valence-electron chi connectivity index (χ4n) is 0.810. The van der Waals surface area contributed by atoms with Gasteiger partial charge in [0.05, 0.1) is 0 Å². The second-order valence-electron chi connectivity index (χ2n) is 2.16. The van der Waals surface area contributed by atoms with E-state index in [0.29, 0.717) is 0 Å². The number of benzene rings is 1. The van der Waals surface area contributed by atoms with Crippen LogP contribution in [0.4, 0.5) is 0 Å². The van der Waals surface area contributed by atoms with E-state index >= 15 is 0 Å². The van der Waals surface area contributed by atoms with Crippen LogP contribution in [0.3, 0.4) is 0 Å². The number of nitrogens with zero attached hydrogens (tertiary/aromatic N) is 2. The molecule has 2 rings (SSSR count). The summed E-state index contributed by atoms with van der Waals surface area (Å²) < 4.78 is 6.84. The van der Waals surface area contributed by atoms with Crippen molar-refractivity contribution in [2.45, 2.75) is 0 Å². The molecule has 0 radical (unpaired) electrons. The van der Waals surface area contributed by atoms with Gasteiger partial charge < -0.3 is 0 Å². The van der Waals surface area contributed by atoms with Crippen molar-refractivity contribution >= 4 is 24.0 Å². The van der Waals surface area contributed by atoms with Gasteiger partial charge in [-0.3, -0.25) is 0 Å². The Hall–Kier alpha value is -1.12. The summed E-state index contributed by atoms with van der Waals surface area (Å²) in [5.41, 5.74) is 0. The number of rotatable bonds is 2. The third-order valence-electron chi connectivity index (χ3n) is 1.31. The number of hydrogen-bond acceptors (Lipinski definition) is 3. The summed E-state index contributed by atoms with van der Waals surface area (Å²) in [6.07, 6.45) is 1.59. The van der Waals surface area contributed by atoms with Crippen LogP contribution >= 0.6 is 0 Å². The molecule has 0 N–H and O–H groups in total. The van der Waals surface area contributed by atoms with Gasteiger partial charge in [0.15, 0.2) is 0 Å². The normalized spacial score (nSPS) is 10.0. The Morgan fingerprint density at radius 2 is 2.00 bits per heavy atom. The van der Waals surface area contributed by atoms with Crippen molar-refractivity contribution in [3.63, 3.8) is 0 Å². The van der Waals surface area contributed by atoms with Crippen LogP contribution < -0.4 is 9.05 Å². The zero-order valence-electron chi connectivity index (χ0n) is 6.18. The molecule has 0 amide bonds. The number of aromatic nitrogens is 2. The van der Waals surface area contributed by atoms with Crippen LogP contribution in [-0.4, -0.2) is 25.3 Å². The Kier molecular flexibility index (Phi) is 2.21. The number of hydrogen-bond donors (Lipinski definition) is 0. The van der Waals surface area contributed by atoms with Gasteiger partial charge in [0.25, 0.3) is 0 Å². The first kappa shape index (κ1) is 7.52. The summed E-state index contributed by atoms with van der Waals surface area (Å²) in [7, 11) is 0. The first-order valence-corrected chi connectivity index (χ1v) is 5.16. The molecule has 0 saturated carbocycles. The molecule has 1 aromatic heterocycles. The second kappa shape index (κ2) is 3.52. The predicted molar refractivity (Wildman–Crippen MR) is 45.8 cm³/mol. The Morgan fingerprint density at radius 3 is 2.67 bits per heavy atom. The summed E-state index contributed by atoms with van der Waals surface area (Å²) in [4.78, 5) is 0. The minimum atomic E-state index is 0.223. The van der Waals surface area contributed by atoms with Gasteiger partial charge in [0.2, 0.25) is 0 Å². The molecule has 1 heterocycles. The van der Waals surface area contributed by atoms with Crippen LogP contribution in [0.25, 0.3) is 0 Å². The zero-order chi connectivity index (χ0) is 8.23. The Balaban J connectivity index is 2.15. The third kappa shape index (κ3) is 1.72. The Bertz CT molecular complexity index is 333. The first-order chi connectivity index (χ1) is 5.95. The SMILES string of the molecule is c1ccc([Se]c2conn2)cc1. The third-order valence-corrected chi connectivity index (χ3v) is 3.18. The summed E-state index contributed by atoms with van der Waals surface area (Å²) in [5, 5.41) is 7.23. The monoisotopic (exact) mass is 226 g/mol. The summed E-state index contributed by atoms with van der Waals surface area (Å²) in [5.74, 6) is 0. The van der Waals surface area contributed by atoms with Gasteiger partial charge in [-0.05, 0) is 0 Å². The maximum atomic E-state index is 4.64. The van der Waals surface area contributed by atoms with Gasteiger partial charge >= 0.3 is 75.5 Å². The molecule has 0 spiro atoms. The van der Waals surface area contributed by atoms with E-state index in [2.05, 4.69) is 27.0 Å². The summed E-state index contributed by atoms with van der Waals surface area (Å²) >= 11 is 0.223. The molecular formula is C8H6N2OSe. The van der Waals surface area contributed by atoms with Crippen molar-refractivity contribution in [3.8, 4) is 0 Å². The van der Waals surface area contributed by atoms with E-state index in [0.717, 1.165) is 4.59 Å². The molecule has 0 aliphatic heterocycles. The molecule has 1 aromatic carbocycles. The first-order valence-electron chi connectivity index (χ1n) is 3.45. The van der Waals surface area contributed by atoms with Crippen molar-refractivity contribution in [2.24, 2.45) is 0 Å². The van der Waals surface area contributed by atoms with E-state index in [4.69, 9.17) is 0 Å². The fraction of sp³-hybridized carbons (Fsp3) is 0. The average Bonchev–Trinajstić information content (AvgIpc) is 2.59. The van der Waals surface area contributed by atoms with Gasteiger partial charge in [0, 0.05) is 0 Å². The van der Waals surface area contributed by atoms with Crippen LogP contribution in [0.1, 0.15) is 0 Å². The molecule has 2 aromatic rings. The van der Waals surface area contributed by atoms with E-state index in [1.165, 1.54) is 4.46 Å². The van der Waals surface area contributed by atoms with Crippen molar-refractivity contribution in [2.75, 3.05) is 0 Å². The fourth-order valence-corrected chi connectivity index (χ4v) is 2.28. The molecule has 0 atom stereocenters. The zero-order valence-corrected chi connectivity index (χ0v) is 7.89. The van der Waals surface area contributed by atoms with Crippen LogP contribution in [0.5, 0.6) is 0 Å². The maximum absolute atomic E-state index is 4.64. The summed E-state index contributed by atoms with van der Waals surface area (Å²) in [6, 6.07) is 10.2. The van der Waals surface area contributed by atoms with E-state index in [9.17, 15) is 0 Å². The van der Waals surface area contributed by atoms with Gasteiger partial charge in [-0.2, -0.15) is 0 Å². The predicted octanol–water partition coefficient (Wildman–Crippen LogP) is -0.275. The molecule has 60 valence electrons. The van der Waals surface area contributed by atoms with Crippen LogP contribution in [0.15, 0.2) is 41.1 Å². The van der Waals surface area contributed by atoms with Crippen LogP contribution in [-0.2, 0) is 0 Å². The molecular weight excluding hydrogens is 219 g/mol. The molecule has 0 fully saturated rings. The van der Waals surface area contributed by atoms with E-state index in [-0.39, 0.29) is 15.0 Å². The molecule has 0 bridgehead atoms. The van der Waals surface area contributed by atoms with E-state index in [1.54, 1.807) is 6.26 Å². The van der Waals surface area contributed by atoms with Crippen LogP contribution in [0.2, 0.25) is 0 Å². The van der Waals surface area contributed by atoms with Gasteiger partial charge in [-0.1, -0.05) is 0 Å². The molecule has 0 aliphatic carbocycles. The van der Waals surface area contributed by atoms with Gasteiger partial charge in [0.1, 0.15) is 0 Å². The van der Waals surface area contributed by atoms with Crippen molar-refractivity contribution in [1.29, 1.82) is 0 Å². The molecule has 0 unspecified atom stereocenters. The average molecular weight is 225 g/mol. The molecule has 12 heavy (non-hydrogen) atoms. The second-order valence-corrected chi connectivity index (χ2v) is 4.45. The van der Waals surface area contributed by atoms with Crippen LogP contribution in [0, 0.1) is 0 Å². The summed E-state index contributed by atoms with van der Waals surface area (Å²) in [6.45, 7) is 0. The standard InChI is InChI=1S/C8H6N2OSe/c1-2-4-7(5-3-1)12-8-6-11-10-9-8/h1-6H. The molecule has 0 aliphatic rings.